The van der Waals surface area contributed by atoms with Crippen LogP contribution in [0.2, 0.25) is 5.02 Å². The predicted octanol–water partition coefficient (Wildman–Crippen LogP) is 4.34. The van der Waals surface area contributed by atoms with E-state index in [2.05, 4.69) is 19.9 Å². The molecule has 0 saturated heterocycles. The summed E-state index contributed by atoms with van der Waals surface area (Å²) in [6.07, 6.45) is 5.90. The molecule has 0 saturated carbocycles. The summed E-state index contributed by atoms with van der Waals surface area (Å²) in [6.45, 7) is 0. The maximum Gasteiger partial charge on any atom is 0.216 e. The molecule has 0 unspecified atom stereocenters. The zero-order valence-electron chi connectivity index (χ0n) is 14.5. The fraction of sp³-hybridized carbons (Fsp3) is 0.150. The van der Waals surface area contributed by atoms with E-state index >= 15 is 0 Å². The number of hydrogen-bond acceptors (Lipinski definition) is 4. The van der Waals surface area contributed by atoms with E-state index in [4.69, 9.17) is 16.3 Å². The summed E-state index contributed by atoms with van der Waals surface area (Å²) in [5.41, 5.74) is 3.63. The lowest BCUT2D eigenvalue weighted by Gasteiger charge is -2.08. The van der Waals surface area contributed by atoms with Gasteiger partial charge in [-0.25, -0.2) is 15.0 Å². The number of aromatic amines is 1. The lowest BCUT2D eigenvalue weighted by molar-refractivity contribution is 0.393. The highest BCUT2D eigenvalue weighted by molar-refractivity contribution is 6.31. The molecule has 27 heavy (non-hydrogen) atoms. The number of hydrogen-bond donors (Lipinski definition) is 1. The summed E-state index contributed by atoms with van der Waals surface area (Å²) < 4.78 is 19.8. The van der Waals surface area contributed by atoms with Gasteiger partial charge < -0.3 is 9.72 Å². The van der Waals surface area contributed by atoms with Crippen LogP contribution in [0.15, 0.2) is 48.9 Å². The van der Waals surface area contributed by atoms with E-state index in [9.17, 15) is 4.39 Å². The molecule has 0 aliphatic rings. The van der Waals surface area contributed by atoms with Gasteiger partial charge in [0.1, 0.15) is 5.65 Å². The smallest absolute Gasteiger partial charge is 0.216 e. The molecular formula is C20H16ClFN4O. The fourth-order valence-corrected chi connectivity index (χ4v) is 3.21. The highest BCUT2D eigenvalue weighted by Crippen LogP contribution is 2.24. The number of H-pyrrole nitrogens is 1. The molecule has 0 radical (unpaired) electrons. The van der Waals surface area contributed by atoms with Crippen LogP contribution in [-0.4, -0.2) is 27.0 Å². The highest BCUT2D eigenvalue weighted by Gasteiger charge is 2.12. The maximum atomic E-state index is 14.6. The average Bonchev–Trinajstić information content (AvgIpc) is 3.06. The molecule has 0 aromatic carbocycles. The van der Waals surface area contributed by atoms with E-state index < -0.39 is 5.95 Å². The molecular weight excluding hydrogens is 367 g/mol. The van der Waals surface area contributed by atoms with Gasteiger partial charge in [-0.3, -0.25) is 0 Å². The molecule has 0 aliphatic carbocycles. The number of rotatable bonds is 5. The lowest BCUT2D eigenvalue weighted by Crippen LogP contribution is -2.02. The monoisotopic (exact) mass is 382 g/mol. The van der Waals surface area contributed by atoms with E-state index in [1.165, 1.54) is 0 Å². The second kappa shape index (κ2) is 7.32. The molecule has 4 aromatic heterocycles. The third-order valence-corrected chi connectivity index (χ3v) is 4.57. The van der Waals surface area contributed by atoms with Crippen molar-refractivity contribution in [2.24, 2.45) is 0 Å². The Labute approximate surface area is 160 Å². The van der Waals surface area contributed by atoms with Crippen molar-refractivity contribution >= 4 is 22.6 Å². The SMILES string of the molecule is COc1ncccc1Cc1ccc(Cc2c[nH]c3ncc(Cl)cc23)c(F)n1. The number of nitrogens with zero attached hydrogens (tertiary/aromatic N) is 3. The van der Waals surface area contributed by atoms with E-state index in [0.29, 0.717) is 35.0 Å². The second-order valence-electron chi connectivity index (χ2n) is 6.14. The Morgan fingerprint density at radius 2 is 2.00 bits per heavy atom. The topological polar surface area (TPSA) is 63.7 Å². The van der Waals surface area contributed by atoms with Crippen molar-refractivity contribution in [2.75, 3.05) is 7.11 Å². The van der Waals surface area contributed by atoms with Gasteiger partial charge in [0, 0.05) is 53.6 Å². The molecule has 5 nitrogen and oxygen atoms in total. The van der Waals surface area contributed by atoms with Crippen LogP contribution in [0.3, 0.4) is 0 Å². The molecule has 4 rings (SSSR count). The Morgan fingerprint density at radius 1 is 1.11 bits per heavy atom. The van der Waals surface area contributed by atoms with Crippen molar-refractivity contribution < 1.29 is 9.13 Å². The van der Waals surface area contributed by atoms with Crippen molar-refractivity contribution in [1.82, 2.24) is 19.9 Å². The Balaban J connectivity index is 1.59. The molecule has 0 amide bonds. The van der Waals surface area contributed by atoms with Crippen LogP contribution < -0.4 is 4.74 Å². The molecule has 1 N–H and O–H groups in total. The molecule has 4 aromatic rings. The predicted molar refractivity (Wildman–Crippen MR) is 102 cm³/mol. The summed E-state index contributed by atoms with van der Waals surface area (Å²) in [5.74, 6) is 0.0339. The number of methoxy groups -OCH3 is 1. The Kier molecular flexibility index (Phi) is 4.73. The van der Waals surface area contributed by atoms with Crippen LogP contribution in [0.4, 0.5) is 4.39 Å². The highest BCUT2D eigenvalue weighted by atomic mass is 35.5. The van der Waals surface area contributed by atoms with E-state index in [0.717, 1.165) is 22.2 Å². The van der Waals surface area contributed by atoms with Gasteiger partial charge in [-0.05, 0) is 23.8 Å². The molecule has 136 valence electrons. The number of halogens is 2. The second-order valence-corrected chi connectivity index (χ2v) is 6.58. The minimum absolute atomic E-state index is 0.400. The van der Waals surface area contributed by atoms with Crippen LogP contribution in [0.25, 0.3) is 11.0 Å². The normalized spacial score (nSPS) is 11.1. The molecule has 7 heteroatoms. The number of pyridine rings is 3. The van der Waals surface area contributed by atoms with Crippen LogP contribution in [-0.2, 0) is 12.8 Å². The summed E-state index contributed by atoms with van der Waals surface area (Å²) in [4.78, 5) is 15.6. The van der Waals surface area contributed by atoms with Crippen LogP contribution in [0.1, 0.15) is 22.4 Å². The third kappa shape index (κ3) is 3.61. The first kappa shape index (κ1) is 17.4. The Morgan fingerprint density at radius 3 is 2.81 bits per heavy atom. The van der Waals surface area contributed by atoms with Crippen LogP contribution >= 0.6 is 11.6 Å². The van der Waals surface area contributed by atoms with Crippen LogP contribution in [0, 0.1) is 5.95 Å². The minimum atomic E-state index is -0.486. The largest absolute Gasteiger partial charge is 0.481 e. The van der Waals surface area contributed by atoms with E-state index in [1.54, 1.807) is 25.6 Å². The standard InChI is InChI=1S/C20H16ClFN4O/c1-27-20-13(3-2-6-23-20)8-16-5-4-12(18(22)26-16)7-14-10-24-19-17(14)9-15(21)11-25-19/h2-6,9-11H,7-8H2,1H3,(H,24,25). The van der Waals surface area contributed by atoms with Gasteiger partial charge in [-0.1, -0.05) is 23.7 Å². The van der Waals surface area contributed by atoms with Gasteiger partial charge >= 0.3 is 0 Å². The van der Waals surface area contributed by atoms with Gasteiger partial charge in [0.2, 0.25) is 11.8 Å². The zero-order chi connectivity index (χ0) is 18.8. The van der Waals surface area contributed by atoms with Crippen molar-refractivity contribution in [3.8, 4) is 5.88 Å². The maximum absolute atomic E-state index is 14.6. The number of aromatic nitrogens is 4. The molecule has 4 heterocycles. The number of fused-ring (bicyclic) bond motifs is 1. The third-order valence-electron chi connectivity index (χ3n) is 4.36. The van der Waals surface area contributed by atoms with Gasteiger partial charge in [-0.15, -0.1) is 0 Å². The van der Waals surface area contributed by atoms with E-state index in [-0.39, 0.29) is 0 Å². The molecule has 0 spiro atoms. The lowest BCUT2D eigenvalue weighted by atomic mass is 10.0. The first-order valence-electron chi connectivity index (χ1n) is 8.37. The first-order chi connectivity index (χ1) is 13.1. The summed E-state index contributed by atoms with van der Waals surface area (Å²) in [5, 5.41) is 1.42. The zero-order valence-corrected chi connectivity index (χ0v) is 15.3. The van der Waals surface area contributed by atoms with Crippen molar-refractivity contribution in [3.63, 3.8) is 0 Å². The average molecular weight is 383 g/mol. The first-order valence-corrected chi connectivity index (χ1v) is 8.75. The summed E-state index contributed by atoms with van der Waals surface area (Å²) in [7, 11) is 1.56. The Hall–Kier alpha value is -2.99. The van der Waals surface area contributed by atoms with Crippen molar-refractivity contribution in [2.45, 2.75) is 12.8 Å². The molecule has 0 aliphatic heterocycles. The quantitative estimate of drug-likeness (QED) is 0.522. The van der Waals surface area contributed by atoms with E-state index in [1.807, 2.05) is 30.5 Å². The fourth-order valence-electron chi connectivity index (χ4n) is 3.05. The Bertz CT molecular complexity index is 1110. The molecule has 0 bridgehead atoms. The van der Waals surface area contributed by atoms with Crippen molar-refractivity contribution in [3.05, 3.63) is 82.3 Å². The summed E-state index contributed by atoms with van der Waals surface area (Å²) >= 11 is 6.03. The molecule has 0 fully saturated rings. The van der Waals surface area contributed by atoms with Gasteiger partial charge in [0.05, 0.1) is 12.1 Å². The number of ether oxygens (including phenoxy) is 1. The van der Waals surface area contributed by atoms with Gasteiger partial charge in [-0.2, -0.15) is 4.39 Å². The number of nitrogens with one attached hydrogen (secondary N) is 1. The van der Waals surface area contributed by atoms with Gasteiger partial charge in [0.15, 0.2) is 0 Å². The minimum Gasteiger partial charge on any atom is -0.481 e. The van der Waals surface area contributed by atoms with Gasteiger partial charge in [0.25, 0.3) is 0 Å². The van der Waals surface area contributed by atoms with Crippen LogP contribution in [0.5, 0.6) is 5.88 Å². The van der Waals surface area contributed by atoms with Crippen molar-refractivity contribution in [1.29, 1.82) is 0 Å². The summed E-state index contributed by atoms with van der Waals surface area (Å²) in [6, 6.07) is 9.12. The molecule has 0 atom stereocenters.